The number of hydrogen-bond acceptors (Lipinski definition) is 6. The van der Waals surface area contributed by atoms with Crippen LogP contribution < -0.4 is 10.1 Å². The van der Waals surface area contributed by atoms with E-state index < -0.39 is 11.0 Å². The predicted molar refractivity (Wildman–Crippen MR) is 118 cm³/mol. The van der Waals surface area contributed by atoms with Crippen LogP contribution in [-0.4, -0.2) is 71.3 Å². The number of β-amino-alcohol motifs (C(OH)–C–C–N with tert-alkyl or cyclic N) is 1. The Labute approximate surface area is 181 Å². The number of amides is 2. The number of hydrogen-bond donors (Lipinski definition) is 2. The van der Waals surface area contributed by atoms with E-state index in [1.165, 1.54) is 6.07 Å². The summed E-state index contributed by atoms with van der Waals surface area (Å²) >= 11 is 0. The molecule has 9 nitrogen and oxygen atoms in total. The first-order chi connectivity index (χ1) is 14.8. The lowest BCUT2D eigenvalue weighted by Crippen LogP contribution is -2.52. The van der Waals surface area contributed by atoms with E-state index in [2.05, 4.69) is 10.2 Å². The third-order valence-corrected chi connectivity index (χ3v) is 5.39. The van der Waals surface area contributed by atoms with Crippen LogP contribution in [0.15, 0.2) is 42.5 Å². The lowest BCUT2D eigenvalue weighted by molar-refractivity contribution is -0.385. The van der Waals surface area contributed by atoms with E-state index in [0.29, 0.717) is 44.0 Å². The molecule has 166 valence electrons. The molecule has 3 rings (SSSR count). The Hall–Kier alpha value is -3.17. The number of anilines is 1. The van der Waals surface area contributed by atoms with Gasteiger partial charge in [0.2, 0.25) is 0 Å². The molecular formula is C22H28N4O5. The molecule has 0 bridgehead atoms. The molecule has 2 amide bonds. The molecule has 1 atom stereocenters. The SMILES string of the molecule is Cc1ccc([N+](=O)[O-])c(C)c1NC(=O)N1CCN(CC(O)COc2ccccc2)CC1. The molecule has 2 aromatic rings. The van der Waals surface area contributed by atoms with Gasteiger partial charge in [-0.1, -0.05) is 24.3 Å². The molecule has 2 N–H and O–H groups in total. The zero-order chi connectivity index (χ0) is 22.4. The minimum Gasteiger partial charge on any atom is -0.491 e. The molecule has 0 spiro atoms. The maximum atomic E-state index is 12.7. The lowest BCUT2D eigenvalue weighted by atomic mass is 10.1. The highest BCUT2D eigenvalue weighted by atomic mass is 16.6. The minimum absolute atomic E-state index is 0.0163. The third kappa shape index (κ3) is 5.93. The van der Waals surface area contributed by atoms with Crippen molar-refractivity contribution in [3.05, 3.63) is 63.7 Å². The topological polar surface area (TPSA) is 108 Å². The van der Waals surface area contributed by atoms with Gasteiger partial charge >= 0.3 is 6.03 Å². The third-order valence-electron chi connectivity index (χ3n) is 5.39. The molecule has 31 heavy (non-hydrogen) atoms. The fourth-order valence-electron chi connectivity index (χ4n) is 3.61. The maximum absolute atomic E-state index is 12.7. The maximum Gasteiger partial charge on any atom is 0.321 e. The van der Waals surface area contributed by atoms with E-state index in [1.54, 1.807) is 17.9 Å². The number of carbonyl (C=O) groups excluding carboxylic acids is 1. The van der Waals surface area contributed by atoms with Crippen LogP contribution in [-0.2, 0) is 0 Å². The van der Waals surface area contributed by atoms with Crippen LogP contribution in [0, 0.1) is 24.0 Å². The van der Waals surface area contributed by atoms with Gasteiger partial charge in [0, 0.05) is 38.8 Å². The van der Waals surface area contributed by atoms with Crippen LogP contribution in [0.2, 0.25) is 0 Å². The summed E-state index contributed by atoms with van der Waals surface area (Å²) in [6.45, 7) is 6.38. The minimum atomic E-state index is -0.629. The normalized spacial score (nSPS) is 15.4. The Morgan fingerprint density at radius 3 is 2.48 bits per heavy atom. The number of aryl methyl sites for hydroxylation is 1. The van der Waals surface area contributed by atoms with Crippen molar-refractivity contribution in [1.29, 1.82) is 0 Å². The number of nitro benzene ring substituents is 1. The molecule has 2 aromatic carbocycles. The van der Waals surface area contributed by atoms with Crippen molar-refractivity contribution in [2.45, 2.75) is 20.0 Å². The molecule has 1 heterocycles. The molecule has 1 fully saturated rings. The summed E-state index contributed by atoms with van der Waals surface area (Å²) in [6.07, 6.45) is -0.629. The monoisotopic (exact) mass is 428 g/mol. The van der Waals surface area contributed by atoms with Gasteiger partial charge in [-0.05, 0) is 31.5 Å². The van der Waals surface area contributed by atoms with Gasteiger partial charge in [-0.25, -0.2) is 4.79 Å². The molecule has 1 unspecified atom stereocenters. The number of ether oxygens (including phenoxy) is 1. The Morgan fingerprint density at radius 1 is 1.16 bits per heavy atom. The van der Waals surface area contributed by atoms with Crippen LogP contribution in [0.3, 0.4) is 0 Å². The van der Waals surface area contributed by atoms with E-state index in [-0.39, 0.29) is 18.3 Å². The van der Waals surface area contributed by atoms with Gasteiger partial charge in [-0.3, -0.25) is 15.0 Å². The fraction of sp³-hybridized carbons (Fsp3) is 0.409. The largest absolute Gasteiger partial charge is 0.491 e. The van der Waals surface area contributed by atoms with Crippen molar-refractivity contribution in [2.24, 2.45) is 0 Å². The van der Waals surface area contributed by atoms with Crippen LogP contribution in [0.5, 0.6) is 5.75 Å². The first-order valence-electron chi connectivity index (χ1n) is 10.2. The average Bonchev–Trinajstić information content (AvgIpc) is 2.76. The summed E-state index contributed by atoms with van der Waals surface area (Å²) < 4.78 is 5.58. The van der Waals surface area contributed by atoms with Crippen LogP contribution in [0.25, 0.3) is 0 Å². The van der Waals surface area contributed by atoms with Gasteiger partial charge in [-0.15, -0.1) is 0 Å². The van der Waals surface area contributed by atoms with Gasteiger partial charge in [0.15, 0.2) is 0 Å². The summed E-state index contributed by atoms with van der Waals surface area (Å²) in [5, 5.41) is 24.3. The Bertz CT molecular complexity index is 914. The van der Waals surface area contributed by atoms with Crippen molar-refractivity contribution < 1.29 is 19.6 Å². The molecule has 0 saturated carbocycles. The Morgan fingerprint density at radius 2 is 1.84 bits per heavy atom. The van der Waals surface area contributed by atoms with E-state index in [4.69, 9.17) is 4.74 Å². The second kappa shape index (κ2) is 10.2. The molecule has 9 heteroatoms. The summed E-state index contributed by atoms with van der Waals surface area (Å²) in [5.41, 5.74) is 1.68. The van der Waals surface area contributed by atoms with E-state index in [9.17, 15) is 20.0 Å². The first kappa shape index (κ1) is 22.5. The van der Waals surface area contributed by atoms with Crippen molar-refractivity contribution in [1.82, 2.24) is 9.80 Å². The Kier molecular flexibility index (Phi) is 7.43. The second-order valence-corrected chi connectivity index (χ2v) is 7.65. The van der Waals surface area contributed by atoms with E-state index in [1.807, 2.05) is 37.3 Å². The van der Waals surface area contributed by atoms with Gasteiger partial charge in [-0.2, -0.15) is 0 Å². The highest BCUT2D eigenvalue weighted by molar-refractivity contribution is 5.92. The fourth-order valence-corrected chi connectivity index (χ4v) is 3.61. The molecule has 1 aliphatic heterocycles. The molecule has 0 radical (unpaired) electrons. The van der Waals surface area contributed by atoms with Crippen LogP contribution >= 0.6 is 0 Å². The number of aliphatic hydroxyl groups is 1. The molecule has 1 saturated heterocycles. The van der Waals surface area contributed by atoms with E-state index in [0.717, 1.165) is 11.3 Å². The van der Waals surface area contributed by atoms with Crippen LogP contribution in [0.4, 0.5) is 16.2 Å². The van der Waals surface area contributed by atoms with Crippen molar-refractivity contribution in [2.75, 3.05) is 44.6 Å². The smallest absolute Gasteiger partial charge is 0.321 e. The quantitative estimate of drug-likeness (QED) is 0.519. The predicted octanol–water partition coefficient (Wildman–Crippen LogP) is 2.80. The van der Waals surface area contributed by atoms with Gasteiger partial charge < -0.3 is 20.1 Å². The molecular weight excluding hydrogens is 400 g/mol. The van der Waals surface area contributed by atoms with Gasteiger partial charge in [0.25, 0.3) is 5.69 Å². The summed E-state index contributed by atoms with van der Waals surface area (Å²) in [5.74, 6) is 0.717. The zero-order valence-electron chi connectivity index (χ0n) is 17.8. The number of benzene rings is 2. The number of nitro groups is 1. The first-order valence-corrected chi connectivity index (χ1v) is 10.2. The number of nitrogens with one attached hydrogen (secondary N) is 1. The van der Waals surface area contributed by atoms with Crippen LogP contribution in [0.1, 0.15) is 11.1 Å². The number of nitrogens with zero attached hydrogens (tertiary/aromatic N) is 3. The molecule has 1 aliphatic rings. The number of para-hydroxylation sites is 1. The molecule has 0 aliphatic carbocycles. The van der Waals surface area contributed by atoms with Gasteiger partial charge in [0.05, 0.1) is 16.2 Å². The summed E-state index contributed by atoms with van der Waals surface area (Å²) in [7, 11) is 0. The zero-order valence-corrected chi connectivity index (χ0v) is 17.8. The highest BCUT2D eigenvalue weighted by Gasteiger charge is 2.24. The number of piperazine rings is 1. The lowest BCUT2D eigenvalue weighted by Gasteiger charge is -2.35. The van der Waals surface area contributed by atoms with Crippen molar-refractivity contribution in [3.63, 3.8) is 0 Å². The summed E-state index contributed by atoms with van der Waals surface area (Å²) in [6, 6.07) is 12.2. The number of urea groups is 1. The standard InChI is InChI=1S/C22H28N4O5/c1-16-8-9-20(26(29)30)17(2)21(16)23-22(28)25-12-10-24(11-13-25)14-18(27)15-31-19-6-4-3-5-7-19/h3-9,18,27H,10-15H2,1-2H3,(H,23,28). The second-order valence-electron chi connectivity index (χ2n) is 7.65. The highest BCUT2D eigenvalue weighted by Crippen LogP contribution is 2.29. The van der Waals surface area contributed by atoms with Crippen molar-refractivity contribution in [3.8, 4) is 5.75 Å². The van der Waals surface area contributed by atoms with Gasteiger partial charge in [0.1, 0.15) is 18.5 Å². The van der Waals surface area contributed by atoms with E-state index >= 15 is 0 Å². The Balaban J connectivity index is 1.48. The van der Waals surface area contributed by atoms with Crippen molar-refractivity contribution >= 4 is 17.4 Å². The number of rotatable bonds is 7. The number of carbonyl (C=O) groups is 1. The average molecular weight is 428 g/mol. The summed E-state index contributed by atoms with van der Waals surface area (Å²) in [4.78, 5) is 27.2. The molecule has 0 aromatic heterocycles. The number of aliphatic hydroxyl groups excluding tert-OH is 1.